The molecule has 3 fully saturated rings. The summed E-state index contributed by atoms with van der Waals surface area (Å²) in [7, 11) is -3.03. The quantitative estimate of drug-likeness (QED) is 0.614. The van der Waals surface area contributed by atoms with Crippen LogP contribution in [0.15, 0.2) is 0 Å². The average Bonchev–Trinajstić information content (AvgIpc) is 2.90. The Morgan fingerprint density at radius 1 is 1.11 bits per heavy atom. The summed E-state index contributed by atoms with van der Waals surface area (Å²) in [4.78, 5) is 27.4. The minimum atomic E-state index is -3.03. The molecule has 0 aromatic carbocycles. The van der Waals surface area contributed by atoms with Crippen LogP contribution in [0.3, 0.4) is 0 Å². The van der Waals surface area contributed by atoms with Gasteiger partial charge in [0, 0.05) is 12.6 Å². The lowest BCUT2D eigenvalue weighted by molar-refractivity contribution is -0.155. The molecule has 3 rings (SSSR count). The van der Waals surface area contributed by atoms with Crippen LogP contribution in [-0.4, -0.2) is 66.7 Å². The van der Waals surface area contributed by atoms with E-state index in [1.54, 1.807) is 4.90 Å². The second-order valence-electron chi connectivity index (χ2n) is 5.27. The summed E-state index contributed by atoms with van der Waals surface area (Å²) in [5.74, 6) is 0.0403. The van der Waals surface area contributed by atoms with E-state index in [1.807, 2.05) is 0 Å². The maximum atomic E-state index is 12.3. The number of fused-ring (bicyclic) bond motifs is 1. The van der Waals surface area contributed by atoms with Gasteiger partial charge in [-0.3, -0.25) is 9.59 Å². The molecule has 0 radical (unpaired) electrons. The molecule has 18 heavy (non-hydrogen) atoms. The van der Waals surface area contributed by atoms with E-state index in [4.69, 9.17) is 0 Å². The summed E-state index contributed by atoms with van der Waals surface area (Å²) >= 11 is 0. The first-order valence-corrected chi connectivity index (χ1v) is 8.10. The summed E-state index contributed by atoms with van der Waals surface area (Å²) in [6.45, 7) is 0.710. The number of carbonyl (C=O) groups is 2. The van der Waals surface area contributed by atoms with E-state index < -0.39 is 9.84 Å². The molecule has 0 saturated carbocycles. The van der Waals surface area contributed by atoms with Gasteiger partial charge in [-0.25, -0.2) is 8.42 Å². The summed E-state index contributed by atoms with van der Waals surface area (Å²) in [5.41, 5.74) is 0. The van der Waals surface area contributed by atoms with Gasteiger partial charge in [-0.1, -0.05) is 0 Å². The number of sulfone groups is 1. The first kappa shape index (κ1) is 12.0. The van der Waals surface area contributed by atoms with Gasteiger partial charge in [0.25, 0.3) is 0 Å². The van der Waals surface area contributed by atoms with E-state index in [-0.39, 0.29) is 41.9 Å². The van der Waals surface area contributed by atoms with Gasteiger partial charge in [0.15, 0.2) is 9.84 Å². The zero-order valence-corrected chi connectivity index (χ0v) is 10.9. The van der Waals surface area contributed by atoms with Gasteiger partial charge in [0.1, 0.15) is 12.6 Å². The Labute approximate surface area is 106 Å². The number of piperazine rings is 1. The monoisotopic (exact) mass is 272 g/mol. The van der Waals surface area contributed by atoms with Crippen LogP contribution in [0.2, 0.25) is 0 Å². The van der Waals surface area contributed by atoms with E-state index >= 15 is 0 Å². The van der Waals surface area contributed by atoms with Crippen LogP contribution in [-0.2, 0) is 19.4 Å². The van der Waals surface area contributed by atoms with Crippen LogP contribution in [0.25, 0.3) is 0 Å². The van der Waals surface area contributed by atoms with E-state index in [1.165, 1.54) is 4.90 Å². The highest BCUT2D eigenvalue weighted by molar-refractivity contribution is 7.91. The van der Waals surface area contributed by atoms with Crippen molar-refractivity contribution in [3.8, 4) is 0 Å². The third kappa shape index (κ3) is 1.81. The SMILES string of the molecule is O=C1C2CCCN2C(=O)CN1C1CCS(=O)(=O)C1. The van der Waals surface area contributed by atoms with Gasteiger partial charge < -0.3 is 9.80 Å². The molecule has 0 aromatic heterocycles. The van der Waals surface area contributed by atoms with E-state index in [9.17, 15) is 18.0 Å². The smallest absolute Gasteiger partial charge is 0.246 e. The summed E-state index contributed by atoms with van der Waals surface area (Å²) in [6, 6.07) is -0.635. The van der Waals surface area contributed by atoms with Crippen LogP contribution in [0, 0.1) is 0 Å². The topological polar surface area (TPSA) is 74.8 Å². The van der Waals surface area contributed by atoms with Gasteiger partial charge in [-0.15, -0.1) is 0 Å². The minimum Gasteiger partial charge on any atom is -0.329 e. The molecule has 0 aromatic rings. The molecular formula is C11H16N2O4S. The van der Waals surface area contributed by atoms with E-state index in [0.29, 0.717) is 19.4 Å². The predicted octanol–water partition coefficient (Wildman–Crippen LogP) is -0.993. The minimum absolute atomic E-state index is 0.0126. The Bertz CT molecular complexity index is 501. The third-order valence-electron chi connectivity index (χ3n) is 4.10. The highest BCUT2D eigenvalue weighted by atomic mass is 32.2. The number of hydrogen-bond acceptors (Lipinski definition) is 4. The van der Waals surface area contributed by atoms with Crippen molar-refractivity contribution in [1.82, 2.24) is 9.80 Å². The molecule has 6 nitrogen and oxygen atoms in total. The Kier molecular flexibility index (Phi) is 2.62. The predicted molar refractivity (Wildman–Crippen MR) is 63.5 cm³/mol. The van der Waals surface area contributed by atoms with Gasteiger partial charge in [-0.05, 0) is 19.3 Å². The summed E-state index contributed by atoms with van der Waals surface area (Å²) in [5, 5.41) is 0. The molecule has 100 valence electrons. The lowest BCUT2D eigenvalue weighted by atomic mass is 10.1. The van der Waals surface area contributed by atoms with Crippen LogP contribution in [0.4, 0.5) is 0 Å². The molecule has 3 aliphatic rings. The van der Waals surface area contributed by atoms with Gasteiger partial charge in [0.05, 0.1) is 11.5 Å². The lowest BCUT2D eigenvalue weighted by Crippen LogP contribution is -2.60. The van der Waals surface area contributed by atoms with Crippen LogP contribution in [0.5, 0.6) is 0 Å². The van der Waals surface area contributed by atoms with Crippen molar-refractivity contribution in [2.24, 2.45) is 0 Å². The number of hydrogen-bond donors (Lipinski definition) is 0. The lowest BCUT2D eigenvalue weighted by Gasteiger charge is -2.39. The van der Waals surface area contributed by atoms with Crippen molar-refractivity contribution in [3.05, 3.63) is 0 Å². The highest BCUT2D eigenvalue weighted by Crippen LogP contribution is 2.27. The number of amides is 2. The fraction of sp³-hybridized carbons (Fsp3) is 0.818. The third-order valence-corrected chi connectivity index (χ3v) is 5.85. The van der Waals surface area contributed by atoms with Crippen LogP contribution in [0.1, 0.15) is 19.3 Å². The normalized spacial score (nSPS) is 35.1. The number of nitrogens with zero attached hydrogens (tertiary/aromatic N) is 2. The average molecular weight is 272 g/mol. The molecule has 0 aliphatic carbocycles. The zero-order chi connectivity index (χ0) is 12.9. The molecule has 0 N–H and O–H groups in total. The van der Waals surface area contributed by atoms with Crippen molar-refractivity contribution in [2.75, 3.05) is 24.6 Å². The van der Waals surface area contributed by atoms with Crippen LogP contribution < -0.4 is 0 Å². The first-order valence-electron chi connectivity index (χ1n) is 6.28. The fourth-order valence-corrected chi connectivity index (χ4v) is 4.89. The van der Waals surface area contributed by atoms with Gasteiger partial charge >= 0.3 is 0 Å². The molecule has 0 spiro atoms. The largest absolute Gasteiger partial charge is 0.329 e. The van der Waals surface area contributed by atoms with E-state index in [2.05, 4.69) is 0 Å². The zero-order valence-electron chi connectivity index (χ0n) is 10.0. The molecular weight excluding hydrogens is 256 g/mol. The van der Waals surface area contributed by atoms with Crippen molar-refractivity contribution in [3.63, 3.8) is 0 Å². The van der Waals surface area contributed by atoms with Gasteiger partial charge in [0.2, 0.25) is 11.8 Å². The second-order valence-corrected chi connectivity index (χ2v) is 7.50. The van der Waals surface area contributed by atoms with Crippen molar-refractivity contribution >= 4 is 21.7 Å². The Morgan fingerprint density at radius 3 is 2.56 bits per heavy atom. The maximum absolute atomic E-state index is 12.3. The van der Waals surface area contributed by atoms with Crippen molar-refractivity contribution < 1.29 is 18.0 Å². The highest BCUT2D eigenvalue weighted by Gasteiger charge is 2.46. The Hall–Kier alpha value is -1.11. The Morgan fingerprint density at radius 2 is 1.89 bits per heavy atom. The molecule has 2 unspecified atom stereocenters. The molecule has 7 heteroatoms. The molecule has 3 heterocycles. The van der Waals surface area contributed by atoms with Crippen LogP contribution >= 0.6 is 0 Å². The van der Waals surface area contributed by atoms with Crippen molar-refractivity contribution in [2.45, 2.75) is 31.3 Å². The van der Waals surface area contributed by atoms with Crippen molar-refractivity contribution in [1.29, 1.82) is 0 Å². The molecule has 3 saturated heterocycles. The van der Waals surface area contributed by atoms with Gasteiger partial charge in [-0.2, -0.15) is 0 Å². The standard InChI is InChI=1S/C11H16N2O4S/c14-10-6-13(8-3-5-18(16,17)7-8)11(15)9-2-1-4-12(9)10/h8-9H,1-7H2. The first-order chi connectivity index (χ1) is 8.48. The fourth-order valence-electron chi connectivity index (χ4n) is 3.16. The maximum Gasteiger partial charge on any atom is 0.246 e. The summed E-state index contributed by atoms with van der Waals surface area (Å²) in [6.07, 6.45) is 2.04. The summed E-state index contributed by atoms with van der Waals surface area (Å²) < 4.78 is 22.9. The molecule has 2 amide bonds. The Balaban J connectivity index is 1.81. The van der Waals surface area contributed by atoms with E-state index in [0.717, 1.165) is 6.42 Å². The molecule has 0 bridgehead atoms. The number of carbonyl (C=O) groups excluding carboxylic acids is 2. The number of rotatable bonds is 1. The molecule has 3 aliphatic heterocycles. The molecule has 2 atom stereocenters. The second kappa shape index (κ2) is 3.94.